The molecule has 0 aliphatic carbocycles. The standard InChI is InChI=1S/C24H23F5N6O3/c1-12-15(2-3-31-22(12)30)23(37)34-8-13(9-34)21-20-16(26)6-14(25)7-17(20)35(32-21)11-19(36)33-4-5-38-18(10-33)24(27,28)29/h2-3,6-7,13,18H,4-5,8-11H2,1H3,(H2,30,31)/t18-/m1/s1. The van der Waals surface area contributed by atoms with Crippen LogP contribution in [0, 0.1) is 18.6 Å². The molecule has 2 amide bonds. The number of carbonyl (C=O) groups is 2. The fourth-order valence-electron chi connectivity index (χ4n) is 4.73. The Kier molecular flexibility index (Phi) is 6.45. The Morgan fingerprint density at radius 3 is 2.61 bits per heavy atom. The predicted molar refractivity (Wildman–Crippen MR) is 124 cm³/mol. The van der Waals surface area contributed by atoms with Crippen LogP contribution in [0.2, 0.25) is 0 Å². The molecule has 1 aromatic carbocycles. The number of benzene rings is 1. The van der Waals surface area contributed by atoms with Gasteiger partial charge in [0.2, 0.25) is 5.91 Å². The SMILES string of the molecule is Cc1c(C(=O)N2CC(c3nn(CC(=O)N4CCO[C@@H](C(F)(F)F)C4)c4cc(F)cc(F)c34)C2)ccnc1N. The highest BCUT2D eigenvalue weighted by Crippen LogP contribution is 2.35. The minimum atomic E-state index is -4.63. The number of halogens is 5. The summed E-state index contributed by atoms with van der Waals surface area (Å²) in [6.07, 6.45) is -5.32. The van der Waals surface area contributed by atoms with Crippen LogP contribution >= 0.6 is 0 Å². The molecular formula is C24H23F5N6O3. The molecule has 5 rings (SSSR count). The van der Waals surface area contributed by atoms with Crippen molar-refractivity contribution in [3.63, 3.8) is 0 Å². The van der Waals surface area contributed by atoms with Gasteiger partial charge in [0.25, 0.3) is 5.91 Å². The van der Waals surface area contributed by atoms with Gasteiger partial charge in [0.15, 0.2) is 6.10 Å². The zero-order chi connectivity index (χ0) is 27.4. The predicted octanol–water partition coefficient (Wildman–Crippen LogP) is 2.63. The van der Waals surface area contributed by atoms with Crippen molar-refractivity contribution in [2.45, 2.75) is 31.7 Å². The van der Waals surface area contributed by atoms with Gasteiger partial charge in [0.1, 0.15) is 24.0 Å². The third kappa shape index (κ3) is 4.64. The van der Waals surface area contributed by atoms with Gasteiger partial charge in [0, 0.05) is 55.0 Å². The van der Waals surface area contributed by atoms with Gasteiger partial charge >= 0.3 is 6.18 Å². The number of ether oxygens (including phenoxy) is 1. The van der Waals surface area contributed by atoms with Gasteiger partial charge in [-0.05, 0) is 13.0 Å². The van der Waals surface area contributed by atoms with E-state index in [0.29, 0.717) is 17.2 Å². The third-order valence-electron chi connectivity index (χ3n) is 6.90. The Balaban J connectivity index is 1.38. The number of nitrogens with two attached hydrogens (primary N) is 1. The molecular weight excluding hydrogens is 515 g/mol. The zero-order valence-electron chi connectivity index (χ0n) is 20.1. The van der Waals surface area contributed by atoms with E-state index < -0.39 is 48.8 Å². The first-order valence-electron chi connectivity index (χ1n) is 11.8. The van der Waals surface area contributed by atoms with Crippen molar-refractivity contribution in [2.75, 3.05) is 38.5 Å². The van der Waals surface area contributed by atoms with Crippen LogP contribution in [0.25, 0.3) is 10.9 Å². The molecule has 3 aromatic rings. The van der Waals surface area contributed by atoms with Gasteiger partial charge in [0.05, 0.1) is 29.7 Å². The van der Waals surface area contributed by atoms with E-state index in [9.17, 15) is 31.5 Å². The molecule has 2 fully saturated rings. The molecule has 0 saturated carbocycles. The van der Waals surface area contributed by atoms with Gasteiger partial charge in [-0.1, -0.05) is 0 Å². The van der Waals surface area contributed by atoms with Crippen molar-refractivity contribution in [2.24, 2.45) is 0 Å². The van der Waals surface area contributed by atoms with Gasteiger partial charge in [-0.25, -0.2) is 13.8 Å². The third-order valence-corrected chi connectivity index (χ3v) is 6.90. The second kappa shape index (κ2) is 9.49. The number of nitrogens with zero attached hydrogens (tertiary/aromatic N) is 5. The van der Waals surface area contributed by atoms with Crippen molar-refractivity contribution in [1.82, 2.24) is 24.6 Å². The molecule has 9 nitrogen and oxygen atoms in total. The average Bonchev–Trinajstić information content (AvgIpc) is 3.17. The summed E-state index contributed by atoms with van der Waals surface area (Å²) in [6, 6.07) is 3.26. The van der Waals surface area contributed by atoms with E-state index in [1.807, 2.05) is 0 Å². The van der Waals surface area contributed by atoms with E-state index in [4.69, 9.17) is 10.5 Å². The van der Waals surface area contributed by atoms with E-state index in [-0.39, 0.29) is 54.6 Å². The Morgan fingerprint density at radius 1 is 1.16 bits per heavy atom. The van der Waals surface area contributed by atoms with Crippen LogP contribution in [-0.2, 0) is 16.1 Å². The number of likely N-dealkylation sites (tertiary alicyclic amines) is 1. The van der Waals surface area contributed by atoms with Crippen LogP contribution in [0.15, 0.2) is 24.4 Å². The minimum absolute atomic E-state index is 0.00391. The number of morpholine rings is 1. The zero-order valence-corrected chi connectivity index (χ0v) is 20.1. The lowest BCUT2D eigenvalue weighted by Crippen LogP contribution is -2.51. The van der Waals surface area contributed by atoms with Crippen LogP contribution in [0.3, 0.4) is 0 Å². The Labute approximate surface area is 212 Å². The summed E-state index contributed by atoms with van der Waals surface area (Å²) in [5.74, 6) is -2.94. The number of hydrogen-bond acceptors (Lipinski definition) is 6. The average molecular weight is 538 g/mol. The summed E-state index contributed by atoms with van der Waals surface area (Å²) in [5.41, 5.74) is 6.93. The highest BCUT2D eigenvalue weighted by Gasteiger charge is 2.44. The van der Waals surface area contributed by atoms with Gasteiger partial charge < -0.3 is 20.3 Å². The molecule has 2 aromatic heterocycles. The number of alkyl halides is 3. The first kappa shape index (κ1) is 25.8. The molecule has 2 saturated heterocycles. The molecule has 2 aliphatic rings. The number of carbonyl (C=O) groups excluding carboxylic acids is 2. The molecule has 0 bridgehead atoms. The minimum Gasteiger partial charge on any atom is -0.383 e. The van der Waals surface area contributed by atoms with Crippen molar-refractivity contribution < 1.29 is 36.3 Å². The first-order valence-corrected chi connectivity index (χ1v) is 11.8. The summed E-state index contributed by atoms with van der Waals surface area (Å²) in [5, 5.41) is 4.35. The van der Waals surface area contributed by atoms with Crippen molar-refractivity contribution in [1.29, 1.82) is 0 Å². The smallest absolute Gasteiger partial charge is 0.383 e. The van der Waals surface area contributed by atoms with E-state index >= 15 is 0 Å². The number of hydrogen-bond donors (Lipinski definition) is 1. The lowest BCUT2D eigenvalue weighted by Gasteiger charge is -2.39. The molecule has 2 N–H and O–H groups in total. The lowest BCUT2D eigenvalue weighted by atomic mass is 9.92. The van der Waals surface area contributed by atoms with E-state index in [1.54, 1.807) is 13.0 Å². The largest absolute Gasteiger partial charge is 0.416 e. The number of anilines is 1. The number of fused-ring (bicyclic) bond motifs is 1. The van der Waals surface area contributed by atoms with E-state index in [0.717, 1.165) is 15.6 Å². The first-order chi connectivity index (χ1) is 17.9. The summed E-state index contributed by atoms with van der Waals surface area (Å²) in [4.78, 5) is 32.3. The second-order valence-corrected chi connectivity index (χ2v) is 9.34. The summed E-state index contributed by atoms with van der Waals surface area (Å²) < 4.78 is 74.0. The maximum atomic E-state index is 14.9. The van der Waals surface area contributed by atoms with Crippen LogP contribution in [0.4, 0.5) is 27.8 Å². The van der Waals surface area contributed by atoms with Crippen molar-refractivity contribution in [3.8, 4) is 0 Å². The normalized spacial score (nSPS) is 18.6. The highest BCUT2D eigenvalue weighted by molar-refractivity contribution is 5.97. The van der Waals surface area contributed by atoms with E-state index in [2.05, 4.69) is 10.1 Å². The number of pyridine rings is 1. The molecule has 0 spiro atoms. The highest BCUT2D eigenvalue weighted by atomic mass is 19.4. The van der Waals surface area contributed by atoms with Gasteiger partial charge in [-0.2, -0.15) is 18.3 Å². The Bertz CT molecular complexity index is 1420. The van der Waals surface area contributed by atoms with E-state index in [1.165, 1.54) is 11.1 Å². The molecule has 0 unspecified atom stereocenters. The van der Waals surface area contributed by atoms with Crippen molar-refractivity contribution >= 4 is 28.5 Å². The van der Waals surface area contributed by atoms with Crippen LogP contribution in [0.1, 0.15) is 27.5 Å². The molecule has 14 heteroatoms. The number of rotatable bonds is 4. The summed E-state index contributed by atoms with van der Waals surface area (Å²) in [6.45, 7) is 0.499. The van der Waals surface area contributed by atoms with Crippen LogP contribution in [0.5, 0.6) is 0 Å². The van der Waals surface area contributed by atoms with Crippen molar-refractivity contribution in [3.05, 3.63) is 52.9 Å². The fourth-order valence-corrected chi connectivity index (χ4v) is 4.73. The molecule has 2 aliphatic heterocycles. The van der Waals surface area contributed by atoms with Crippen LogP contribution < -0.4 is 5.73 Å². The number of nitrogen functional groups attached to an aromatic ring is 1. The summed E-state index contributed by atoms with van der Waals surface area (Å²) >= 11 is 0. The molecule has 38 heavy (non-hydrogen) atoms. The second-order valence-electron chi connectivity index (χ2n) is 9.34. The molecule has 4 heterocycles. The Hall–Kier alpha value is -3.81. The fraction of sp³-hybridized carbons (Fsp3) is 0.417. The monoisotopic (exact) mass is 538 g/mol. The molecule has 0 radical (unpaired) electrons. The maximum Gasteiger partial charge on any atom is 0.416 e. The topological polar surface area (TPSA) is 107 Å². The number of aromatic nitrogens is 3. The molecule has 202 valence electrons. The Morgan fingerprint density at radius 2 is 1.89 bits per heavy atom. The maximum absolute atomic E-state index is 14.9. The van der Waals surface area contributed by atoms with Gasteiger partial charge in [-0.15, -0.1) is 0 Å². The number of amides is 2. The summed E-state index contributed by atoms with van der Waals surface area (Å²) in [7, 11) is 0. The lowest BCUT2D eigenvalue weighted by molar-refractivity contribution is -0.236. The quantitative estimate of drug-likeness (QED) is 0.512. The molecule has 1 atom stereocenters. The van der Waals surface area contributed by atoms with Crippen LogP contribution in [-0.4, -0.2) is 81.4 Å². The van der Waals surface area contributed by atoms with Gasteiger partial charge in [-0.3, -0.25) is 14.3 Å².